The van der Waals surface area contributed by atoms with Gasteiger partial charge in [-0.3, -0.25) is 14.9 Å². The summed E-state index contributed by atoms with van der Waals surface area (Å²) >= 11 is 0. The van der Waals surface area contributed by atoms with Crippen LogP contribution in [0.5, 0.6) is 0 Å². The summed E-state index contributed by atoms with van der Waals surface area (Å²) in [6, 6.07) is -0.424. The monoisotopic (exact) mass is 294 g/mol. The molecule has 0 bridgehead atoms. The zero-order chi connectivity index (χ0) is 15.2. The van der Waals surface area contributed by atoms with Crippen molar-refractivity contribution in [3.05, 3.63) is 18.2 Å². The molecule has 0 saturated carbocycles. The molecule has 2 rings (SSSR count). The minimum atomic E-state index is -0.879. The topological polar surface area (TPSA) is 105 Å². The first kappa shape index (κ1) is 15.0. The SMILES string of the molecule is O=C(O)CCCCC(=O)NC(=O)N1CCn2ccnc2C1. The molecule has 1 aromatic rings. The van der Waals surface area contributed by atoms with Crippen LogP contribution >= 0.6 is 0 Å². The molecule has 21 heavy (non-hydrogen) atoms. The van der Waals surface area contributed by atoms with E-state index in [4.69, 9.17) is 5.11 Å². The smallest absolute Gasteiger partial charge is 0.324 e. The zero-order valence-electron chi connectivity index (χ0n) is 11.6. The summed E-state index contributed by atoms with van der Waals surface area (Å²) in [7, 11) is 0. The molecule has 8 heteroatoms. The molecular weight excluding hydrogens is 276 g/mol. The lowest BCUT2D eigenvalue weighted by Crippen LogP contribution is -2.46. The molecule has 0 unspecified atom stereocenters. The van der Waals surface area contributed by atoms with Crippen LogP contribution in [0, 0.1) is 0 Å². The van der Waals surface area contributed by atoms with E-state index in [9.17, 15) is 14.4 Å². The van der Waals surface area contributed by atoms with Crippen molar-refractivity contribution >= 4 is 17.9 Å². The van der Waals surface area contributed by atoms with Crippen molar-refractivity contribution in [3.63, 3.8) is 0 Å². The number of carbonyl (C=O) groups excluding carboxylic acids is 2. The molecule has 3 amide bonds. The standard InChI is InChI=1S/C13H18N4O4/c18-11(3-1-2-4-12(19)20)15-13(21)17-8-7-16-6-5-14-10(16)9-17/h5-6H,1-4,7-9H2,(H,19,20)(H,15,18,21). The number of urea groups is 1. The predicted molar refractivity (Wildman–Crippen MR) is 72.3 cm³/mol. The fourth-order valence-electron chi connectivity index (χ4n) is 2.17. The van der Waals surface area contributed by atoms with Gasteiger partial charge in [0, 0.05) is 38.3 Å². The molecule has 0 atom stereocenters. The third-order valence-corrected chi connectivity index (χ3v) is 3.32. The molecule has 0 aliphatic carbocycles. The van der Waals surface area contributed by atoms with Gasteiger partial charge in [-0.25, -0.2) is 9.78 Å². The maximum absolute atomic E-state index is 11.9. The fourth-order valence-corrected chi connectivity index (χ4v) is 2.17. The molecule has 0 saturated heterocycles. The van der Waals surface area contributed by atoms with Gasteiger partial charge in [-0.15, -0.1) is 0 Å². The molecule has 114 valence electrons. The van der Waals surface area contributed by atoms with Crippen LogP contribution < -0.4 is 5.32 Å². The van der Waals surface area contributed by atoms with Gasteiger partial charge in [-0.2, -0.15) is 0 Å². The van der Waals surface area contributed by atoms with Gasteiger partial charge in [0.25, 0.3) is 0 Å². The molecule has 0 spiro atoms. The number of aromatic nitrogens is 2. The summed E-state index contributed by atoms with van der Waals surface area (Å²) in [5.74, 6) is -0.458. The zero-order valence-corrected chi connectivity index (χ0v) is 11.6. The van der Waals surface area contributed by atoms with Crippen LogP contribution in [0.1, 0.15) is 31.5 Å². The largest absolute Gasteiger partial charge is 0.481 e. The van der Waals surface area contributed by atoms with Crippen molar-refractivity contribution in [2.75, 3.05) is 6.54 Å². The third-order valence-electron chi connectivity index (χ3n) is 3.32. The molecule has 0 aromatic carbocycles. The summed E-state index contributed by atoms with van der Waals surface area (Å²) in [5, 5.41) is 10.8. The number of imide groups is 1. The second-order valence-electron chi connectivity index (χ2n) is 4.91. The van der Waals surface area contributed by atoms with E-state index in [0.717, 1.165) is 5.82 Å². The van der Waals surface area contributed by atoms with Crippen molar-refractivity contribution in [1.82, 2.24) is 19.8 Å². The average molecular weight is 294 g/mol. The van der Waals surface area contributed by atoms with Gasteiger partial charge >= 0.3 is 12.0 Å². The van der Waals surface area contributed by atoms with Crippen LogP contribution in [0.3, 0.4) is 0 Å². The first-order valence-electron chi connectivity index (χ1n) is 6.87. The summed E-state index contributed by atoms with van der Waals surface area (Å²) < 4.78 is 1.97. The van der Waals surface area contributed by atoms with E-state index < -0.39 is 12.0 Å². The lowest BCUT2D eigenvalue weighted by atomic mass is 10.2. The van der Waals surface area contributed by atoms with Crippen molar-refractivity contribution in [1.29, 1.82) is 0 Å². The van der Waals surface area contributed by atoms with Gasteiger partial charge in [0.05, 0.1) is 6.54 Å². The van der Waals surface area contributed by atoms with Crippen LogP contribution in [0.4, 0.5) is 4.79 Å². The lowest BCUT2D eigenvalue weighted by Gasteiger charge is -2.27. The summed E-state index contributed by atoms with van der Waals surface area (Å²) in [6.45, 7) is 1.57. The number of carboxylic acid groups (broad SMARTS) is 1. The number of rotatable bonds is 5. The number of imidazole rings is 1. The van der Waals surface area contributed by atoms with Gasteiger partial charge in [0.1, 0.15) is 5.82 Å². The number of carbonyl (C=O) groups is 3. The van der Waals surface area contributed by atoms with E-state index in [-0.39, 0.29) is 18.7 Å². The first-order chi connectivity index (χ1) is 10.1. The number of hydrogen-bond donors (Lipinski definition) is 2. The van der Waals surface area contributed by atoms with E-state index in [2.05, 4.69) is 10.3 Å². The van der Waals surface area contributed by atoms with Crippen molar-refractivity contribution in [3.8, 4) is 0 Å². The number of amides is 3. The van der Waals surface area contributed by atoms with Gasteiger partial charge < -0.3 is 14.6 Å². The van der Waals surface area contributed by atoms with E-state index in [1.807, 2.05) is 10.8 Å². The summed E-state index contributed by atoms with van der Waals surface area (Å²) in [4.78, 5) is 39.6. The Balaban J connectivity index is 1.72. The average Bonchev–Trinajstić information content (AvgIpc) is 2.90. The minimum absolute atomic E-state index is 0.0377. The first-order valence-corrected chi connectivity index (χ1v) is 6.87. The molecule has 1 aromatic heterocycles. The number of nitrogens with zero attached hydrogens (tertiary/aromatic N) is 3. The predicted octanol–water partition coefficient (Wildman–Crippen LogP) is 0.580. The Morgan fingerprint density at radius 3 is 2.76 bits per heavy atom. The van der Waals surface area contributed by atoms with Crippen LogP contribution in [0.15, 0.2) is 12.4 Å². The van der Waals surface area contributed by atoms with Crippen LogP contribution in [-0.4, -0.2) is 44.0 Å². The molecule has 2 heterocycles. The second kappa shape index (κ2) is 6.87. The highest BCUT2D eigenvalue weighted by Crippen LogP contribution is 2.10. The Kier molecular flexibility index (Phi) is 4.91. The van der Waals surface area contributed by atoms with Gasteiger partial charge in [0.15, 0.2) is 0 Å². The van der Waals surface area contributed by atoms with Crippen LogP contribution in [0.25, 0.3) is 0 Å². The number of carboxylic acids is 1. The minimum Gasteiger partial charge on any atom is -0.481 e. The molecule has 8 nitrogen and oxygen atoms in total. The van der Waals surface area contributed by atoms with E-state index in [1.54, 1.807) is 6.20 Å². The third kappa shape index (κ3) is 4.30. The van der Waals surface area contributed by atoms with E-state index in [0.29, 0.717) is 32.5 Å². The number of aliphatic carboxylic acids is 1. The van der Waals surface area contributed by atoms with Crippen LogP contribution in [-0.2, 0) is 22.7 Å². The normalized spacial score (nSPS) is 13.6. The number of unbranched alkanes of at least 4 members (excludes halogenated alkanes) is 1. The van der Waals surface area contributed by atoms with E-state index >= 15 is 0 Å². The molecule has 1 aliphatic heterocycles. The lowest BCUT2D eigenvalue weighted by molar-refractivity contribution is -0.137. The number of nitrogens with one attached hydrogen (secondary N) is 1. The highest BCUT2D eigenvalue weighted by molar-refractivity contribution is 5.94. The van der Waals surface area contributed by atoms with Crippen molar-refractivity contribution < 1.29 is 19.5 Å². The Morgan fingerprint density at radius 1 is 1.24 bits per heavy atom. The summed E-state index contributed by atoms with van der Waals surface area (Å²) in [6.07, 6.45) is 4.62. The van der Waals surface area contributed by atoms with Crippen LogP contribution in [0.2, 0.25) is 0 Å². The Morgan fingerprint density at radius 2 is 2.00 bits per heavy atom. The number of hydrogen-bond acceptors (Lipinski definition) is 4. The second-order valence-corrected chi connectivity index (χ2v) is 4.91. The highest BCUT2D eigenvalue weighted by atomic mass is 16.4. The maximum atomic E-state index is 11.9. The van der Waals surface area contributed by atoms with Gasteiger partial charge in [-0.05, 0) is 12.8 Å². The molecule has 1 aliphatic rings. The fraction of sp³-hybridized carbons (Fsp3) is 0.538. The van der Waals surface area contributed by atoms with Gasteiger partial charge in [-0.1, -0.05) is 0 Å². The number of fused-ring (bicyclic) bond motifs is 1. The summed E-state index contributed by atoms with van der Waals surface area (Å²) in [5.41, 5.74) is 0. The van der Waals surface area contributed by atoms with E-state index in [1.165, 1.54) is 4.90 Å². The van der Waals surface area contributed by atoms with Crippen molar-refractivity contribution in [2.45, 2.75) is 38.8 Å². The molecule has 2 N–H and O–H groups in total. The molecule has 0 radical (unpaired) electrons. The van der Waals surface area contributed by atoms with Gasteiger partial charge in [0.2, 0.25) is 5.91 Å². The molecule has 0 fully saturated rings. The quantitative estimate of drug-likeness (QED) is 0.773. The Hall–Kier alpha value is -2.38. The highest BCUT2D eigenvalue weighted by Gasteiger charge is 2.22. The maximum Gasteiger partial charge on any atom is 0.324 e. The Bertz CT molecular complexity index is 540. The van der Waals surface area contributed by atoms with Crippen molar-refractivity contribution in [2.24, 2.45) is 0 Å². The Labute approximate surface area is 121 Å². The molecular formula is C13H18N4O4.